The molecule has 0 aromatic rings. The van der Waals surface area contributed by atoms with Crippen molar-refractivity contribution in [2.24, 2.45) is 29.4 Å². The molecule has 2 fully saturated rings. The van der Waals surface area contributed by atoms with Crippen molar-refractivity contribution in [1.29, 1.82) is 0 Å². The smallest absolute Gasteiger partial charge is 0.0334 e. The van der Waals surface area contributed by atoms with Crippen LogP contribution in [0.25, 0.3) is 0 Å². The van der Waals surface area contributed by atoms with Gasteiger partial charge in [-0.1, -0.05) is 40.5 Å². The average Bonchev–Trinajstić information content (AvgIpc) is 2.89. The fourth-order valence-electron chi connectivity index (χ4n) is 4.32. The molecular formula is C17H34N2. The fraction of sp³-hybridized carbons (Fsp3) is 1.00. The van der Waals surface area contributed by atoms with Gasteiger partial charge in [-0.05, 0) is 49.5 Å². The molecular weight excluding hydrogens is 232 g/mol. The summed E-state index contributed by atoms with van der Waals surface area (Å²) in [6.07, 6.45) is 6.85. The number of hydrogen-bond donors (Lipinski definition) is 1. The number of nitrogens with two attached hydrogens (primary N) is 1. The van der Waals surface area contributed by atoms with Crippen LogP contribution in [-0.2, 0) is 0 Å². The molecule has 1 aliphatic carbocycles. The molecule has 112 valence electrons. The molecule has 0 amide bonds. The summed E-state index contributed by atoms with van der Waals surface area (Å²) in [5.41, 5.74) is 6.59. The van der Waals surface area contributed by atoms with Crippen molar-refractivity contribution >= 4 is 0 Å². The molecule has 2 aliphatic rings. The van der Waals surface area contributed by atoms with Crippen molar-refractivity contribution in [2.45, 2.75) is 65.3 Å². The Hall–Kier alpha value is -0.0800. The standard InChI is InChI=1S/C17H34N2/c1-13(2)15-6-5-8-17(10-15,12-18)19-9-7-16(11-19)14(3)4/h13-16H,5-12,18H2,1-4H3. The van der Waals surface area contributed by atoms with Crippen LogP contribution in [-0.4, -0.2) is 30.1 Å². The molecule has 1 saturated heterocycles. The predicted molar refractivity (Wildman–Crippen MR) is 83.1 cm³/mol. The third-order valence-corrected chi connectivity index (χ3v) is 6.02. The summed E-state index contributed by atoms with van der Waals surface area (Å²) in [6.45, 7) is 13.0. The first-order valence-corrected chi connectivity index (χ1v) is 8.43. The average molecular weight is 266 g/mol. The minimum Gasteiger partial charge on any atom is -0.329 e. The van der Waals surface area contributed by atoms with Gasteiger partial charge in [-0.25, -0.2) is 0 Å². The fourth-order valence-corrected chi connectivity index (χ4v) is 4.32. The molecule has 19 heavy (non-hydrogen) atoms. The maximum absolute atomic E-state index is 6.26. The van der Waals surface area contributed by atoms with E-state index in [1.165, 1.54) is 45.2 Å². The molecule has 0 radical (unpaired) electrons. The van der Waals surface area contributed by atoms with Crippen LogP contribution in [0, 0.1) is 23.7 Å². The monoisotopic (exact) mass is 266 g/mol. The number of nitrogens with zero attached hydrogens (tertiary/aromatic N) is 1. The van der Waals surface area contributed by atoms with Gasteiger partial charge in [-0.15, -0.1) is 0 Å². The van der Waals surface area contributed by atoms with Crippen LogP contribution < -0.4 is 5.73 Å². The normalized spacial score (nSPS) is 37.4. The largest absolute Gasteiger partial charge is 0.329 e. The Morgan fingerprint density at radius 3 is 2.32 bits per heavy atom. The lowest BCUT2D eigenvalue weighted by molar-refractivity contribution is 0.0391. The van der Waals surface area contributed by atoms with E-state index in [9.17, 15) is 0 Å². The van der Waals surface area contributed by atoms with Gasteiger partial charge in [0, 0.05) is 18.6 Å². The second kappa shape index (κ2) is 6.13. The summed E-state index contributed by atoms with van der Waals surface area (Å²) >= 11 is 0. The molecule has 0 bridgehead atoms. The van der Waals surface area contributed by atoms with Crippen LogP contribution in [0.15, 0.2) is 0 Å². The van der Waals surface area contributed by atoms with Crippen molar-refractivity contribution in [1.82, 2.24) is 4.90 Å². The van der Waals surface area contributed by atoms with E-state index in [0.717, 1.165) is 30.2 Å². The number of hydrogen-bond acceptors (Lipinski definition) is 2. The van der Waals surface area contributed by atoms with E-state index in [-0.39, 0.29) is 0 Å². The zero-order valence-electron chi connectivity index (χ0n) is 13.5. The Balaban J connectivity index is 2.06. The first-order valence-electron chi connectivity index (χ1n) is 8.43. The lowest BCUT2D eigenvalue weighted by Gasteiger charge is -2.48. The van der Waals surface area contributed by atoms with Crippen LogP contribution in [0.4, 0.5) is 0 Å². The maximum Gasteiger partial charge on any atom is 0.0334 e. The summed E-state index contributed by atoms with van der Waals surface area (Å²) in [5, 5.41) is 0. The molecule has 0 aromatic heterocycles. The van der Waals surface area contributed by atoms with E-state index < -0.39 is 0 Å². The predicted octanol–water partition coefficient (Wildman–Crippen LogP) is 3.51. The Bertz CT molecular complexity index is 287. The third kappa shape index (κ3) is 3.16. The molecule has 3 atom stereocenters. The van der Waals surface area contributed by atoms with E-state index in [0.29, 0.717) is 5.54 Å². The van der Waals surface area contributed by atoms with Crippen LogP contribution in [0.1, 0.15) is 59.8 Å². The molecule has 2 nitrogen and oxygen atoms in total. The van der Waals surface area contributed by atoms with Gasteiger partial charge in [0.1, 0.15) is 0 Å². The second-order valence-corrected chi connectivity index (χ2v) is 7.77. The Labute approximate surface area is 120 Å². The number of rotatable bonds is 4. The highest BCUT2D eigenvalue weighted by Gasteiger charge is 2.43. The summed E-state index contributed by atoms with van der Waals surface area (Å²) in [6, 6.07) is 0. The van der Waals surface area contributed by atoms with Crippen molar-refractivity contribution < 1.29 is 0 Å². The van der Waals surface area contributed by atoms with Gasteiger partial charge in [0.15, 0.2) is 0 Å². The van der Waals surface area contributed by atoms with Gasteiger partial charge in [0.2, 0.25) is 0 Å². The van der Waals surface area contributed by atoms with Crippen LogP contribution >= 0.6 is 0 Å². The molecule has 1 heterocycles. The molecule has 0 spiro atoms. The summed E-state index contributed by atoms with van der Waals surface area (Å²) in [5.74, 6) is 3.41. The highest BCUT2D eigenvalue weighted by atomic mass is 15.2. The first kappa shape index (κ1) is 15.3. The van der Waals surface area contributed by atoms with Crippen molar-refractivity contribution in [2.75, 3.05) is 19.6 Å². The lowest BCUT2D eigenvalue weighted by Crippen LogP contribution is -2.56. The third-order valence-electron chi connectivity index (χ3n) is 6.02. The van der Waals surface area contributed by atoms with Gasteiger partial charge in [0.25, 0.3) is 0 Å². The van der Waals surface area contributed by atoms with Gasteiger partial charge < -0.3 is 5.73 Å². The van der Waals surface area contributed by atoms with Crippen molar-refractivity contribution in [3.63, 3.8) is 0 Å². The zero-order chi connectivity index (χ0) is 14.0. The Morgan fingerprint density at radius 1 is 1.11 bits per heavy atom. The molecule has 2 rings (SSSR count). The van der Waals surface area contributed by atoms with E-state index in [4.69, 9.17) is 5.73 Å². The topological polar surface area (TPSA) is 29.3 Å². The molecule has 3 unspecified atom stereocenters. The van der Waals surface area contributed by atoms with Crippen molar-refractivity contribution in [3.8, 4) is 0 Å². The second-order valence-electron chi connectivity index (χ2n) is 7.77. The van der Waals surface area contributed by atoms with E-state index in [1.54, 1.807) is 0 Å². The maximum atomic E-state index is 6.26. The van der Waals surface area contributed by atoms with Gasteiger partial charge in [-0.2, -0.15) is 0 Å². The van der Waals surface area contributed by atoms with E-state index >= 15 is 0 Å². The quantitative estimate of drug-likeness (QED) is 0.844. The Kier molecular flexibility index (Phi) is 4.94. The van der Waals surface area contributed by atoms with Gasteiger partial charge in [-0.3, -0.25) is 4.90 Å². The molecule has 0 aromatic carbocycles. The summed E-state index contributed by atoms with van der Waals surface area (Å²) < 4.78 is 0. The summed E-state index contributed by atoms with van der Waals surface area (Å²) in [7, 11) is 0. The highest BCUT2D eigenvalue weighted by molar-refractivity contribution is 4.99. The van der Waals surface area contributed by atoms with Crippen LogP contribution in [0.3, 0.4) is 0 Å². The molecule has 1 saturated carbocycles. The molecule has 2 N–H and O–H groups in total. The van der Waals surface area contributed by atoms with Crippen molar-refractivity contribution in [3.05, 3.63) is 0 Å². The van der Waals surface area contributed by atoms with E-state index in [1.807, 2.05) is 0 Å². The van der Waals surface area contributed by atoms with Crippen LogP contribution in [0.2, 0.25) is 0 Å². The lowest BCUT2D eigenvalue weighted by atomic mass is 9.71. The SMILES string of the molecule is CC(C)C1CCN(C2(CN)CCCC(C(C)C)C2)C1. The van der Waals surface area contributed by atoms with Crippen LogP contribution in [0.5, 0.6) is 0 Å². The highest BCUT2D eigenvalue weighted by Crippen LogP contribution is 2.42. The summed E-state index contributed by atoms with van der Waals surface area (Å²) in [4.78, 5) is 2.77. The molecule has 1 aliphatic heterocycles. The minimum absolute atomic E-state index is 0.330. The Morgan fingerprint density at radius 2 is 1.79 bits per heavy atom. The van der Waals surface area contributed by atoms with E-state index in [2.05, 4.69) is 32.6 Å². The number of likely N-dealkylation sites (tertiary alicyclic amines) is 1. The first-order chi connectivity index (χ1) is 8.98. The minimum atomic E-state index is 0.330. The zero-order valence-corrected chi connectivity index (χ0v) is 13.5. The molecule has 2 heteroatoms. The van der Waals surface area contributed by atoms with Gasteiger partial charge >= 0.3 is 0 Å². The van der Waals surface area contributed by atoms with Gasteiger partial charge in [0.05, 0.1) is 0 Å².